The molecule has 1 rings (SSSR count). The van der Waals surface area contributed by atoms with Crippen molar-refractivity contribution in [3.05, 3.63) is 60.8 Å². The number of amides is 2. The molecule has 1 saturated heterocycles. The number of allylic oxidation sites excluding steroid dienone is 10. The van der Waals surface area contributed by atoms with Gasteiger partial charge in [0.1, 0.15) is 12.1 Å². The largest absolute Gasteiger partial charge is 0.456 e. The van der Waals surface area contributed by atoms with E-state index >= 15 is 0 Å². The molecular formula is C36H58N2O6S2. The minimum Gasteiger partial charge on any atom is -0.456 e. The summed E-state index contributed by atoms with van der Waals surface area (Å²) in [5.41, 5.74) is 0. The van der Waals surface area contributed by atoms with Crippen molar-refractivity contribution in [2.45, 2.75) is 121 Å². The number of hydrogen-bond donors (Lipinski definition) is 4. The van der Waals surface area contributed by atoms with Crippen molar-refractivity contribution in [3.8, 4) is 0 Å². The summed E-state index contributed by atoms with van der Waals surface area (Å²) in [4.78, 5) is 37.5. The van der Waals surface area contributed by atoms with Gasteiger partial charge in [0.25, 0.3) is 0 Å². The Labute approximate surface area is 285 Å². The highest BCUT2D eigenvalue weighted by molar-refractivity contribution is 8.77. The smallest absolute Gasteiger partial charge is 0.329 e. The fraction of sp³-hybridized carbons (Fsp3) is 0.639. The van der Waals surface area contributed by atoms with Crippen molar-refractivity contribution >= 4 is 39.4 Å². The molecule has 8 nitrogen and oxygen atoms in total. The van der Waals surface area contributed by atoms with Crippen LogP contribution in [0.1, 0.15) is 103 Å². The van der Waals surface area contributed by atoms with Gasteiger partial charge in [-0.1, -0.05) is 95.7 Å². The van der Waals surface area contributed by atoms with Crippen molar-refractivity contribution in [1.29, 1.82) is 0 Å². The highest BCUT2D eigenvalue weighted by atomic mass is 33.1. The lowest BCUT2D eigenvalue weighted by molar-refractivity contribution is -0.157. The number of nitrogens with one attached hydrogen (secondary N) is 2. The zero-order chi connectivity index (χ0) is 33.5. The molecule has 10 heteroatoms. The predicted molar refractivity (Wildman–Crippen MR) is 193 cm³/mol. The van der Waals surface area contributed by atoms with Gasteiger partial charge in [-0.2, -0.15) is 0 Å². The molecule has 0 saturated carbocycles. The number of aliphatic hydroxyl groups is 2. The molecule has 0 spiro atoms. The Kier molecular flexibility index (Phi) is 27.3. The second-order valence-corrected chi connectivity index (χ2v) is 14.0. The third-order valence-electron chi connectivity index (χ3n) is 7.14. The molecule has 0 radical (unpaired) electrons. The first-order valence-corrected chi connectivity index (χ1v) is 19.4. The third-order valence-corrected chi connectivity index (χ3v) is 10.1. The first-order chi connectivity index (χ1) is 22.5. The van der Waals surface area contributed by atoms with Gasteiger partial charge >= 0.3 is 5.97 Å². The van der Waals surface area contributed by atoms with Crippen molar-refractivity contribution in [3.63, 3.8) is 0 Å². The van der Waals surface area contributed by atoms with Crippen LogP contribution in [0.5, 0.6) is 0 Å². The van der Waals surface area contributed by atoms with Crippen molar-refractivity contribution in [2.24, 2.45) is 0 Å². The summed E-state index contributed by atoms with van der Waals surface area (Å²) < 4.78 is 5.17. The van der Waals surface area contributed by atoms with E-state index in [9.17, 15) is 24.6 Å². The zero-order valence-electron chi connectivity index (χ0n) is 27.8. The van der Waals surface area contributed by atoms with Crippen LogP contribution in [0, 0.1) is 0 Å². The van der Waals surface area contributed by atoms with E-state index in [-0.39, 0.29) is 24.7 Å². The van der Waals surface area contributed by atoms with Gasteiger partial charge in [-0.05, 0) is 77.0 Å². The minimum atomic E-state index is -1.04. The Balaban J connectivity index is 2.28. The molecule has 1 fully saturated rings. The van der Waals surface area contributed by atoms with Gasteiger partial charge < -0.3 is 25.6 Å². The summed E-state index contributed by atoms with van der Waals surface area (Å²) in [6.45, 7) is 1.51. The molecule has 1 aliphatic heterocycles. The topological polar surface area (TPSA) is 125 Å². The lowest BCUT2D eigenvalue weighted by Gasteiger charge is -2.20. The van der Waals surface area contributed by atoms with Crippen LogP contribution in [0.4, 0.5) is 0 Å². The monoisotopic (exact) mass is 678 g/mol. The highest BCUT2D eigenvalue weighted by Gasteiger charge is 2.24. The first-order valence-electron chi connectivity index (χ1n) is 17.0. The molecule has 2 amide bonds. The van der Waals surface area contributed by atoms with Crippen molar-refractivity contribution < 1.29 is 29.3 Å². The minimum absolute atomic E-state index is 0.00715. The van der Waals surface area contributed by atoms with Crippen molar-refractivity contribution in [2.75, 3.05) is 25.5 Å². The Morgan fingerprint density at radius 1 is 0.804 bits per heavy atom. The standard InChI is InChI=1S/C36H58N2O6S2/c1-2-3-4-5-6-7-8-9-10-11-12-13-14-15-16-17-18-25-35(42)38-33(36(43)44-31(29-39)30-40)23-21-27-37-34(41)24-20-19-22-32-26-28-45-46-32/h3-4,6-7,9-10,12-13,15-16,31-33,39-40H,2,5,8,11,14,17-30H2,1H3,(H,37,41)(H,38,42). The van der Waals surface area contributed by atoms with Crippen LogP contribution in [-0.2, 0) is 19.1 Å². The van der Waals surface area contributed by atoms with Gasteiger partial charge in [0.15, 0.2) is 0 Å². The highest BCUT2D eigenvalue weighted by Crippen LogP contribution is 2.39. The molecule has 4 N–H and O–H groups in total. The van der Waals surface area contributed by atoms with E-state index in [1.54, 1.807) is 0 Å². The molecule has 0 aliphatic carbocycles. The molecule has 0 aromatic carbocycles. The fourth-order valence-corrected chi connectivity index (χ4v) is 7.52. The zero-order valence-corrected chi connectivity index (χ0v) is 29.4. The Morgan fingerprint density at radius 2 is 1.41 bits per heavy atom. The average molecular weight is 679 g/mol. The van der Waals surface area contributed by atoms with E-state index in [0.29, 0.717) is 31.1 Å². The van der Waals surface area contributed by atoms with Crippen LogP contribution in [0.15, 0.2) is 60.8 Å². The van der Waals surface area contributed by atoms with Crippen LogP contribution in [0.3, 0.4) is 0 Å². The van der Waals surface area contributed by atoms with Crippen molar-refractivity contribution in [1.82, 2.24) is 10.6 Å². The fourth-order valence-electron chi connectivity index (χ4n) is 4.49. The summed E-state index contributed by atoms with van der Waals surface area (Å²) >= 11 is 0. The molecule has 0 bridgehead atoms. The van der Waals surface area contributed by atoms with Gasteiger partial charge in [0.2, 0.25) is 11.8 Å². The molecule has 0 aromatic rings. The van der Waals surface area contributed by atoms with Crippen LogP contribution in [-0.4, -0.2) is 70.9 Å². The third kappa shape index (κ3) is 24.0. The van der Waals surface area contributed by atoms with Gasteiger partial charge in [0.05, 0.1) is 13.2 Å². The van der Waals surface area contributed by atoms with E-state index in [4.69, 9.17) is 4.74 Å². The number of carbonyl (C=O) groups is 3. The molecule has 0 aromatic heterocycles. The van der Waals surface area contributed by atoms with E-state index in [1.807, 2.05) is 21.6 Å². The number of rotatable bonds is 27. The maximum absolute atomic E-state index is 12.7. The number of aliphatic hydroxyl groups excluding tert-OH is 2. The molecule has 2 unspecified atom stereocenters. The second-order valence-electron chi connectivity index (χ2n) is 11.2. The quantitative estimate of drug-likeness (QED) is 0.0320. The number of carbonyl (C=O) groups excluding carboxylic acids is 3. The van der Waals surface area contributed by atoms with Crippen LogP contribution >= 0.6 is 21.6 Å². The summed E-state index contributed by atoms with van der Waals surface area (Å²) in [5.74, 6) is 0.249. The number of esters is 1. The summed E-state index contributed by atoms with van der Waals surface area (Å²) in [6, 6.07) is -0.916. The summed E-state index contributed by atoms with van der Waals surface area (Å²) in [5, 5.41) is 24.9. The Morgan fingerprint density at radius 3 is 2.00 bits per heavy atom. The van der Waals surface area contributed by atoms with Gasteiger partial charge in [-0.15, -0.1) is 0 Å². The lowest BCUT2D eigenvalue weighted by atomic mass is 10.1. The SMILES string of the molecule is CCC=CCC=CCC=CCC=CCC=CCCCC(=O)NC(CCCNC(=O)CCCCC1CCSS1)C(=O)OC(CO)CO. The van der Waals surface area contributed by atoms with E-state index in [0.717, 1.165) is 57.8 Å². The van der Waals surface area contributed by atoms with E-state index in [2.05, 4.69) is 78.3 Å². The van der Waals surface area contributed by atoms with Gasteiger partial charge in [0, 0.05) is 30.4 Å². The number of ether oxygens (including phenoxy) is 1. The summed E-state index contributed by atoms with van der Waals surface area (Å²) in [7, 11) is 3.89. The lowest BCUT2D eigenvalue weighted by Crippen LogP contribution is -2.44. The first kappa shape index (κ1) is 41.8. The average Bonchev–Trinajstić information content (AvgIpc) is 3.58. The number of hydrogen-bond acceptors (Lipinski definition) is 8. The molecule has 2 atom stereocenters. The molecule has 46 heavy (non-hydrogen) atoms. The van der Waals surface area contributed by atoms with Gasteiger partial charge in [-0.25, -0.2) is 4.79 Å². The Hall–Kier alpha value is -2.27. The molecule has 260 valence electrons. The maximum Gasteiger partial charge on any atom is 0.329 e. The molecule has 1 heterocycles. The maximum atomic E-state index is 12.7. The van der Waals surface area contributed by atoms with E-state index in [1.165, 1.54) is 12.2 Å². The molecular weight excluding hydrogens is 621 g/mol. The normalized spacial score (nSPS) is 16.1. The van der Waals surface area contributed by atoms with Crippen LogP contribution in [0.25, 0.3) is 0 Å². The molecule has 1 aliphatic rings. The predicted octanol–water partition coefficient (Wildman–Crippen LogP) is 6.90. The number of unbranched alkanes of at least 4 members (excludes halogenated alkanes) is 2. The van der Waals surface area contributed by atoms with Crippen LogP contribution in [0.2, 0.25) is 0 Å². The Bertz CT molecular complexity index is 956. The summed E-state index contributed by atoms with van der Waals surface area (Å²) in [6.07, 6.45) is 32.4. The van der Waals surface area contributed by atoms with E-state index < -0.39 is 31.3 Å². The second kappa shape index (κ2) is 30.1. The van der Waals surface area contributed by atoms with Crippen LogP contribution < -0.4 is 10.6 Å². The van der Waals surface area contributed by atoms with Gasteiger partial charge in [-0.3, -0.25) is 9.59 Å².